The van der Waals surface area contributed by atoms with Crippen LogP contribution >= 0.6 is 11.8 Å². The van der Waals surface area contributed by atoms with E-state index in [0.717, 1.165) is 52.1 Å². The van der Waals surface area contributed by atoms with Crippen molar-refractivity contribution in [1.29, 1.82) is 0 Å². The number of amides is 2. The number of hydrogen-bond acceptors (Lipinski definition) is 6. The van der Waals surface area contributed by atoms with E-state index in [2.05, 4.69) is 31.3 Å². The Balaban J connectivity index is 1.24. The lowest BCUT2D eigenvalue weighted by Crippen LogP contribution is -2.35. The molecule has 1 aliphatic rings. The van der Waals surface area contributed by atoms with Crippen LogP contribution in [0.2, 0.25) is 0 Å². The molecule has 38 heavy (non-hydrogen) atoms. The zero-order chi connectivity index (χ0) is 26.9. The SMILES string of the molecule is CC(C)Cc1cccc(Oc2ccc3nc(COc4ccc(C[C@]5(C)SC(=O)NC5=O)cc4)n(C)c3c2)c1. The van der Waals surface area contributed by atoms with Gasteiger partial charge in [0.15, 0.2) is 0 Å². The van der Waals surface area contributed by atoms with Crippen molar-refractivity contribution in [3.63, 3.8) is 0 Å². The van der Waals surface area contributed by atoms with Gasteiger partial charge in [-0.1, -0.05) is 38.1 Å². The molecule has 5 rings (SSSR count). The van der Waals surface area contributed by atoms with Crippen molar-refractivity contribution in [2.45, 2.75) is 45.0 Å². The van der Waals surface area contributed by atoms with Gasteiger partial charge in [-0.3, -0.25) is 14.9 Å². The Morgan fingerprint density at radius 3 is 2.42 bits per heavy atom. The third-order valence-corrected chi connectivity index (χ3v) is 7.64. The molecule has 2 amide bonds. The number of nitrogens with zero attached hydrogens (tertiary/aromatic N) is 2. The molecule has 0 spiro atoms. The fourth-order valence-electron chi connectivity index (χ4n) is 4.61. The van der Waals surface area contributed by atoms with E-state index in [9.17, 15) is 9.59 Å². The van der Waals surface area contributed by atoms with Gasteiger partial charge in [-0.25, -0.2) is 4.98 Å². The lowest BCUT2D eigenvalue weighted by Gasteiger charge is -2.18. The zero-order valence-corrected chi connectivity index (χ0v) is 22.8. The summed E-state index contributed by atoms with van der Waals surface area (Å²) in [7, 11) is 1.97. The molecule has 4 aromatic rings. The van der Waals surface area contributed by atoms with Gasteiger partial charge >= 0.3 is 0 Å². The highest BCUT2D eigenvalue weighted by Gasteiger charge is 2.43. The minimum atomic E-state index is -0.786. The fraction of sp³-hybridized carbons (Fsp3) is 0.300. The smallest absolute Gasteiger partial charge is 0.286 e. The van der Waals surface area contributed by atoms with Gasteiger partial charge in [0.25, 0.3) is 5.24 Å². The molecule has 0 saturated carbocycles. The van der Waals surface area contributed by atoms with Crippen molar-refractivity contribution in [2.24, 2.45) is 13.0 Å². The molecule has 8 heteroatoms. The van der Waals surface area contributed by atoms with Crippen LogP contribution in [0.4, 0.5) is 4.79 Å². The van der Waals surface area contributed by atoms with E-state index >= 15 is 0 Å². The molecule has 0 unspecified atom stereocenters. The Labute approximate surface area is 226 Å². The number of nitrogens with one attached hydrogen (secondary N) is 1. The summed E-state index contributed by atoms with van der Waals surface area (Å²) in [6.07, 6.45) is 1.48. The second-order valence-corrected chi connectivity index (χ2v) is 11.7. The molecule has 3 aromatic carbocycles. The Morgan fingerprint density at radius 2 is 1.71 bits per heavy atom. The third-order valence-electron chi connectivity index (χ3n) is 6.57. The van der Waals surface area contributed by atoms with Crippen LogP contribution in [0.5, 0.6) is 17.2 Å². The van der Waals surface area contributed by atoms with E-state index in [1.807, 2.05) is 66.2 Å². The van der Waals surface area contributed by atoms with Crippen molar-refractivity contribution < 1.29 is 19.1 Å². The van der Waals surface area contributed by atoms with E-state index in [4.69, 9.17) is 14.5 Å². The first-order valence-corrected chi connectivity index (χ1v) is 13.5. The predicted octanol–water partition coefficient (Wildman–Crippen LogP) is 6.43. The number of carbonyl (C=O) groups excluding carboxylic acids is 2. The minimum Gasteiger partial charge on any atom is -0.486 e. The molecule has 0 aliphatic carbocycles. The number of carbonyl (C=O) groups is 2. The topological polar surface area (TPSA) is 82.5 Å². The van der Waals surface area contributed by atoms with Crippen LogP contribution in [-0.2, 0) is 31.3 Å². The number of ether oxygens (including phenoxy) is 2. The van der Waals surface area contributed by atoms with Crippen LogP contribution < -0.4 is 14.8 Å². The molecule has 7 nitrogen and oxygen atoms in total. The average molecular weight is 530 g/mol. The van der Waals surface area contributed by atoms with Crippen LogP contribution in [0.25, 0.3) is 11.0 Å². The second kappa shape index (κ2) is 10.5. The van der Waals surface area contributed by atoms with E-state index in [1.54, 1.807) is 6.92 Å². The Kier molecular flexibility index (Phi) is 7.17. The summed E-state index contributed by atoms with van der Waals surface area (Å²) in [6, 6.07) is 21.7. The van der Waals surface area contributed by atoms with Gasteiger partial charge in [0.2, 0.25) is 5.91 Å². The molecule has 1 fully saturated rings. The molecular formula is C30H31N3O4S. The highest BCUT2D eigenvalue weighted by atomic mass is 32.2. The van der Waals surface area contributed by atoms with Crippen LogP contribution in [0.3, 0.4) is 0 Å². The number of imide groups is 1. The highest BCUT2D eigenvalue weighted by molar-refractivity contribution is 8.16. The monoisotopic (exact) mass is 529 g/mol. The summed E-state index contributed by atoms with van der Waals surface area (Å²) in [5, 5.41) is 2.06. The molecule has 1 aromatic heterocycles. The average Bonchev–Trinajstić information content (AvgIpc) is 3.31. The molecular weight excluding hydrogens is 498 g/mol. The quantitative estimate of drug-likeness (QED) is 0.269. The maximum atomic E-state index is 12.1. The van der Waals surface area contributed by atoms with E-state index < -0.39 is 4.75 Å². The molecule has 0 bridgehead atoms. The third kappa shape index (κ3) is 5.70. The van der Waals surface area contributed by atoms with Crippen molar-refractivity contribution in [3.05, 3.63) is 83.7 Å². The molecule has 1 N–H and O–H groups in total. The van der Waals surface area contributed by atoms with Crippen molar-refractivity contribution in [3.8, 4) is 17.2 Å². The minimum absolute atomic E-state index is 0.247. The zero-order valence-electron chi connectivity index (χ0n) is 22.0. The standard InChI is InChI=1S/C30H31N3O4S/c1-19(2)14-21-6-5-7-23(15-21)37-24-12-13-25-26(16-24)33(4)27(31-25)18-36-22-10-8-20(9-11-22)17-30(3)28(34)32-29(35)38-30/h5-13,15-16,19H,14,17-18H2,1-4H3,(H,32,34,35)/t30-/m0/s1. The van der Waals surface area contributed by atoms with Crippen LogP contribution in [0.1, 0.15) is 37.7 Å². The highest BCUT2D eigenvalue weighted by Crippen LogP contribution is 2.35. The first-order chi connectivity index (χ1) is 18.2. The number of rotatable bonds is 9. The van der Waals surface area contributed by atoms with Gasteiger partial charge in [0, 0.05) is 13.1 Å². The van der Waals surface area contributed by atoms with Crippen LogP contribution in [0, 0.1) is 5.92 Å². The fourth-order valence-corrected chi connectivity index (χ4v) is 5.55. The molecule has 1 saturated heterocycles. The maximum Gasteiger partial charge on any atom is 0.286 e. The van der Waals surface area contributed by atoms with Crippen molar-refractivity contribution >= 4 is 33.9 Å². The number of benzene rings is 3. The predicted molar refractivity (Wildman–Crippen MR) is 150 cm³/mol. The van der Waals surface area contributed by atoms with Crippen LogP contribution in [0.15, 0.2) is 66.7 Å². The van der Waals surface area contributed by atoms with Gasteiger partial charge in [-0.2, -0.15) is 0 Å². The summed E-state index contributed by atoms with van der Waals surface area (Å²) in [6.45, 7) is 6.52. The number of aryl methyl sites for hydroxylation is 1. The second-order valence-electron chi connectivity index (χ2n) is 10.3. The number of hydrogen-bond donors (Lipinski definition) is 1. The molecule has 1 aliphatic heterocycles. The van der Waals surface area contributed by atoms with E-state index in [-0.39, 0.29) is 11.1 Å². The normalized spacial score (nSPS) is 17.3. The molecule has 1 atom stereocenters. The van der Waals surface area contributed by atoms with Gasteiger partial charge in [-0.05, 0) is 85.0 Å². The summed E-state index contributed by atoms with van der Waals surface area (Å²) in [4.78, 5) is 28.4. The van der Waals surface area contributed by atoms with Crippen molar-refractivity contribution in [2.75, 3.05) is 0 Å². The summed E-state index contributed by atoms with van der Waals surface area (Å²) in [5.74, 6) is 3.42. The Morgan fingerprint density at radius 1 is 0.974 bits per heavy atom. The summed E-state index contributed by atoms with van der Waals surface area (Å²) in [5.41, 5.74) is 4.06. The first kappa shape index (κ1) is 25.9. The van der Waals surface area contributed by atoms with Crippen LogP contribution in [-0.4, -0.2) is 25.4 Å². The molecule has 2 heterocycles. The maximum absolute atomic E-state index is 12.1. The lowest BCUT2D eigenvalue weighted by molar-refractivity contribution is -0.121. The number of imidazole rings is 1. The Bertz CT molecular complexity index is 1500. The van der Waals surface area contributed by atoms with Gasteiger partial charge < -0.3 is 14.0 Å². The number of thioether (sulfide) groups is 1. The number of aromatic nitrogens is 2. The lowest BCUT2D eigenvalue weighted by atomic mass is 9.99. The molecule has 196 valence electrons. The summed E-state index contributed by atoms with van der Waals surface area (Å²) >= 11 is 1.04. The number of fused-ring (bicyclic) bond motifs is 1. The first-order valence-electron chi connectivity index (χ1n) is 12.7. The van der Waals surface area contributed by atoms with Gasteiger partial charge in [0.05, 0.1) is 11.0 Å². The summed E-state index contributed by atoms with van der Waals surface area (Å²) < 4.78 is 13.4. The van der Waals surface area contributed by atoms with Gasteiger partial charge in [-0.15, -0.1) is 0 Å². The van der Waals surface area contributed by atoms with Crippen molar-refractivity contribution in [1.82, 2.24) is 14.9 Å². The molecule has 0 radical (unpaired) electrons. The van der Waals surface area contributed by atoms with E-state index in [1.165, 1.54) is 5.56 Å². The largest absolute Gasteiger partial charge is 0.486 e. The van der Waals surface area contributed by atoms with Gasteiger partial charge in [0.1, 0.15) is 34.4 Å². The Hall–Kier alpha value is -3.78. The van der Waals surface area contributed by atoms with E-state index in [0.29, 0.717) is 24.7 Å².